The summed E-state index contributed by atoms with van der Waals surface area (Å²) in [6, 6.07) is 7.31. The molecule has 0 unspecified atom stereocenters. The molecule has 0 radical (unpaired) electrons. The highest BCUT2D eigenvalue weighted by Crippen LogP contribution is 2.14. The number of nitrogens with zero attached hydrogens (tertiary/aromatic N) is 3. The van der Waals surface area contributed by atoms with Crippen LogP contribution in [0.4, 0.5) is 4.39 Å². The minimum absolute atomic E-state index is 0.168. The Kier molecular flexibility index (Phi) is 10.3. The molecule has 6 heteroatoms. The van der Waals surface area contributed by atoms with Crippen molar-refractivity contribution in [2.45, 2.75) is 52.1 Å². The van der Waals surface area contributed by atoms with E-state index in [1.54, 1.807) is 12.1 Å². The van der Waals surface area contributed by atoms with E-state index in [2.05, 4.69) is 41.3 Å². The van der Waals surface area contributed by atoms with Crippen LogP contribution in [0.15, 0.2) is 29.3 Å². The van der Waals surface area contributed by atoms with Gasteiger partial charge in [-0.3, -0.25) is 9.89 Å². The minimum Gasteiger partial charge on any atom is -0.357 e. The first-order valence-electron chi connectivity index (χ1n) is 10.8. The molecule has 2 N–H and O–H groups in total. The van der Waals surface area contributed by atoms with Crippen LogP contribution in [0, 0.1) is 5.82 Å². The Morgan fingerprint density at radius 3 is 2.54 bits per heavy atom. The number of rotatable bonds is 10. The number of likely N-dealkylation sites (N-methyl/N-ethyl adjacent to an activating group) is 1. The normalized spacial score (nSPS) is 16.5. The molecule has 0 atom stereocenters. The van der Waals surface area contributed by atoms with Crippen LogP contribution in [0.25, 0.3) is 0 Å². The number of nitrogens with one attached hydrogen (secondary N) is 2. The van der Waals surface area contributed by atoms with E-state index in [4.69, 9.17) is 4.99 Å². The smallest absolute Gasteiger partial charge is 0.191 e. The number of aliphatic imine (C=N–C) groups is 1. The van der Waals surface area contributed by atoms with Crippen LogP contribution in [0.5, 0.6) is 0 Å². The standard InChI is InChI=1S/C22H38FN5/c1-4-6-14-27(3)17-13-25-22(24-5-2)26-21-11-15-28(16-12-21)18-19-7-9-20(23)10-8-19/h7-10,21H,4-6,11-18H2,1-3H3,(H2,24,25,26). The summed E-state index contributed by atoms with van der Waals surface area (Å²) in [4.78, 5) is 9.55. The lowest BCUT2D eigenvalue weighted by Gasteiger charge is -2.33. The quantitative estimate of drug-likeness (QED) is 0.475. The summed E-state index contributed by atoms with van der Waals surface area (Å²) in [7, 11) is 2.17. The van der Waals surface area contributed by atoms with Crippen molar-refractivity contribution in [3.05, 3.63) is 35.6 Å². The Morgan fingerprint density at radius 1 is 1.18 bits per heavy atom. The molecule has 1 aliphatic heterocycles. The van der Waals surface area contributed by atoms with E-state index < -0.39 is 0 Å². The summed E-state index contributed by atoms with van der Waals surface area (Å²) in [5.41, 5.74) is 1.18. The van der Waals surface area contributed by atoms with Crippen LogP contribution in [-0.2, 0) is 6.54 Å². The van der Waals surface area contributed by atoms with Gasteiger partial charge in [-0.15, -0.1) is 0 Å². The fourth-order valence-corrected chi connectivity index (χ4v) is 3.47. The molecule has 0 saturated carbocycles. The second kappa shape index (κ2) is 12.7. The van der Waals surface area contributed by atoms with Crippen molar-refractivity contribution >= 4 is 5.96 Å². The highest BCUT2D eigenvalue weighted by atomic mass is 19.1. The van der Waals surface area contributed by atoms with Crippen molar-refractivity contribution in [3.8, 4) is 0 Å². The summed E-state index contributed by atoms with van der Waals surface area (Å²) in [5, 5.41) is 6.98. The van der Waals surface area contributed by atoms with E-state index in [1.807, 2.05) is 12.1 Å². The molecular formula is C22H38FN5. The Morgan fingerprint density at radius 2 is 1.89 bits per heavy atom. The van der Waals surface area contributed by atoms with Gasteiger partial charge in [0.2, 0.25) is 0 Å². The molecule has 0 bridgehead atoms. The molecule has 28 heavy (non-hydrogen) atoms. The fraction of sp³-hybridized carbons (Fsp3) is 0.682. The van der Waals surface area contributed by atoms with E-state index in [-0.39, 0.29) is 5.82 Å². The third kappa shape index (κ3) is 8.57. The Balaban J connectivity index is 1.73. The van der Waals surface area contributed by atoms with Gasteiger partial charge in [0, 0.05) is 38.8 Å². The van der Waals surface area contributed by atoms with Gasteiger partial charge in [0.05, 0.1) is 6.54 Å². The molecule has 5 nitrogen and oxygen atoms in total. The zero-order valence-electron chi connectivity index (χ0n) is 17.9. The van der Waals surface area contributed by atoms with Gasteiger partial charge in [0.25, 0.3) is 0 Å². The lowest BCUT2D eigenvalue weighted by atomic mass is 10.0. The summed E-state index contributed by atoms with van der Waals surface area (Å²) in [5.74, 6) is 0.766. The first-order chi connectivity index (χ1) is 13.6. The minimum atomic E-state index is -0.168. The molecule has 1 aliphatic rings. The molecule has 0 spiro atoms. The van der Waals surface area contributed by atoms with Crippen molar-refractivity contribution in [1.82, 2.24) is 20.4 Å². The van der Waals surface area contributed by atoms with Gasteiger partial charge in [0.1, 0.15) is 5.82 Å². The maximum Gasteiger partial charge on any atom is 0.191 e. The van der Waals surface area contributed by atoms with Crippen molar-refractivity contribution in [2.75, 3.05) is 46.3 Å². The highest BCUT2D eigenvalue weighted by molar-refractivity contribution is 5.80. The number of likely N-dealkylation sites (tertiary alicyclic amines) is 1. The van der Waals surface area contributed by atoms with Gasteiger partial charge in [-0.1, -0.05) is 25.5 Å². The molecule has 0 aliphatic carbocycles. The van der Waals surface area contributed by atoms with E-state index in [1.165, 1.54) is 18.4 Å². The van der Waals surface area contributed by atoms with Crippen LogP contribution in [0.2, 0.25) is 0 Å². The van der Waals surface area contributed by atoms with E-state index in [9.17, 15) is 4.39 Å². The number of piperidine rings is 1. The molecule has 158 valence electrons. The first-order valence-corrected chi connectivity index (χ1v) is 10.8. The number of halogens is 1. The van der Waals surface area contributed by atoms with Gasteiger partial charge in [-0.25, -0.2) is 4.39 Å². The van der Waals surface area contributed by atoms with Crippen LogP contribution in [0.3, 0.4) is 0 Å². The highest BCUT2D eigenvalue weighted by Gasteiger charge is 2.20. The van der Waals surface area contributed by atoms with Crippen LogP contribution in [0.1, 0.15) is 45.1 Å². The monoisotopic (exact) mass is 391 g/mol. The topological polar surface area (TPSA) is 42.9 Å². The lowest BCUT2D eigenvalue weighted by Crippen LogP contribution is -2.48. The number of hydrogen-bond acceptors (Lipinski definition) is 3. The van der Waals surface area contributed by atoms with E-state index >= 15 is 0 Å². The van der Waals surface area contributed by atoms with Gasteiger partial charge in [-0.05, 0) is 57.5 Å². The molecule has 0 aromatic heterocycles. The second-order valence-corrected chi connectivity index (χ2v) is 7.74. The van der Waals surface area contributed by atoms with Crippen LogP contribution in [-0.4, -0.2) is 68.1 Å². The average molecular weight is 392 g/mol. The number of unbranched alkanes of at least 4 members (excludes halogenated alkanes) is 1. The van der Waals surface area contributed by atoms with Gasteiger partial charge < -0.3 is 15.5 Å². The summed E-state index contributed by atoms with van der Waals surface area (Å²) in [6.45, 7) is 11.2. The van der Waals surface area contributed by atoms with Crippen LogP contribution < -0.4 is 10.6 Å². The second-order valence-electron chi connectivity index (χ2n) is 7.74. The Hall–Kier alpha value is -1.66. The van der Waals surface area contributed by atoms with E-state index in [0.717, 1.165) is 64.6 Å². The van der Waals surface area contributed by atoms with Crippen LogP contribution >= 0.6 is 0 Å². The molecule has 1 saturated heterocycles. The fourth-order valence-electron chi connectivity index (χ4n) is 3.47. The molecular weight excluding hydrogens is 353 g/mol. The van der Waals surface area contributed by atoms with Crippen molar-refractivity contribution in [1.29, 1.82) is 0 Å². The van der Waals surface area contributed by atoms with Crippen molar-refractivity contribution in [3.63, 3.8) is 0 Å². The zero-order valence-corrected chi connectivity index (χ0v) is 17.9. The summed E-state index contributed by atoms with van der Waals surface area (Å²) in [6.07, 6.45) is 4.68. The molecule has 1 aromatic rings. The molecule has 1 aromatic carbocycles. The number of guanidine groups is 1. The molecule has 0 amide bonds. The number of hydrogen-bond donors (Lipinski definition) is 2. The Labute approximate surface area is 170 Å². The Bertz CT molecular complexity index is 567. The molecule has 1 fully saturated rings. The third-order valence-corrected chi connectivity index (χ3v) is 5.24. The van der Waals surface area contributed by atoms with Gasteiger partial charge in [-0.2, -0.15) is 0 Å². The predicted molar refractivity (Wildman–Crippen MR) is 116 cm³/mol. The van der Waals surface area contributed by atoms with E-state index in [0.29, 0.717) is 6.04 Å². The summed E-state index contributed by atoms with van der Waals surface area (Å²) >= 11 is 0. The average Bonchev–Trinajstić information content (AvgIpc) is 2.69. The third-order valence-electron chi connectivity index (χ3n) is 5.24. The largest absolute Gasteiger partial charge is 0.357 e. The maximum absolute atomic E-state index is 13.0. The maximum atomic E-state index is 13.0. The van der Waals surface area contributed by atoms with Crippen molar-refractivity contribution < 1.29 is 4.39 Å². The number of benzene rings is 1. The molecule has 1 heterocycles. The SMILES string of the molecule is CCCCN(C)CCN=C(NCC)NC1CCN(Cc2ccc(F)cc2)CC1. The predicted octanol–water partition coefficient (Wildman–Crippen LogP) is 3.08. The summed E-state index contributed by atoms with van der Waals surface area (Å²) < 4.78 is 13.0. The van der Waals surface area contributed by atoms with Gasteiger partial charge >= 0.3 is 0 Å². The molecule has 2 rings (SSSR count). The zero-order chi connectivity index (χ0) is 20.2. The van der Waals surface area contributed by atoms with Crippen molar-refractivity contribution in [2.24, 2.45) is 4.99 Å². The van der Waals surface area contributed by atoms with Gasteiger partial charge in [0.15, 0.2) is 5.96 Å². The first kappa shape index (κ1) is 22.6. The lowest BCUT2D eigenvalue weighted by molar-refractivity contribution is 0.198.